The molecule has 0 aliphatic carbocycles. The molecule has 6 heteroatoms. The first-order valence-corrected chi connectivity index (χ1v) is 4.89. The van der Waals surface area contributed by atoms with Crippen LogP contribution in [0.25, 0.3) is 11.5 Å². The van der Waals surface area contributed by atoms with Gasteiger partial charge >= 0.3 is 0 Å². The zero-order chi connectivity index (χ0) is 10.8. The fourth-order valence-electron chi connectivity index (χ4n) is 1.10. The van der Waals surface area contributed by atoms with Gasteiger partial charge in [-0.1, -0.05) is 11.2 Å². The highest BCUT2D eigenvalue weighted by Gasteiger charge is 2.13. The molecule has 0 aliphatic heterocycles. The molecule has 0 radical (unpaired) electrons. The van der Waals surface area contributed by atoms with Crippen LogP contribution in [0.15, 0.2) is 27.2 Å². The van der Waals surface area contributed by atoms with Crippen molar-refractivity contribution in [2.75, 3.05) is 0 Å². The van der Waals surface area contributed by atoms with Crippen molar-refractivity contribution in [1.82, 2.24) is 10.1 Å². The van der Waals surface area contributed by atoms with Crippen LogP contribution in [0.1, 0.15) is 5.82 Å². The molecule has 78 valence electrons. The van der Waals surface area contributed by atoms with Gasteiger partial charge in [0.15, 0.2) is 5.82 Å². The summed E-state index contributed by atoms with van der Waals surface area (Å²) in [4.78, 5) is 3.88. The monoisotopic (exact) mass is 272 g/mol. The zero-order valence-corrected chi connectivity index (χ0v) is 9.03. The number of benzene rings is 1. The number of aliphatic hydroxyl groups excluding tert-OH is 1. The molecule has 4 nitrogen and oxygen atoms in total. The number of hydrogen-bond donors (Lipinski definition) is 1. The predicted octanol–water partition coefficient (Wildman–Crippen LogP) is 2.13. The number of nitrogens with zero attached hydrogens (tertiary/aromatic N) is 2. The summed E-state index contributed by atoms with van der Waals surface area (Å²) in [6.45, 7) is -0.309. The Kier molecular flexibility index (Phi) is 2.79. The topological polar surface area (TPSA) is 59.2 Å². The molecule has 1 N–H and O–H groups in total. The Bertz CT molecular complexity index is 487. The standard InChI is InChI=1S/C9H6BrFN2O2/c10-8-5(2-1-3-6(8)11)9-12-7(4-14)13-15-9/h1-3,14H,4H2. The third kappa shape index (κ3) is 1.91. The molecule has 0 fully saturated rings. The maximum absolute atomic E-state index is 13.2. The minimum Gasteiger partial charge on any atom is -0.388 e. The van der Waals surface area contributed by atoms with Crippen molar-refractivity contribution in [1.29, 1.82) is 0 Å². The zero-order valence-electron chi connectivity index (χ0n) is 7.44. The van der Waals surface area contributed by atoms with E-state index in [1.54, 1.807) is 6.07 Å². The summed E-state index contributed by atoms with van der Waals surface area (Å²) in [5.41, 5.74) is 0.460. The molecule has 0 spiro atoms. The first-order valence-electron chi connectivity index (χ1n) is 4.10. The first-order chi connectivity index (χ1) is 7.22. The fourth-order valence-corrected chi connectivity index (χ4v) is 1.53. The number of halogens is 2. The summed E-state index contributed by atoms with van der Waals surface area (Å²) in [7, 11) is 0. The Labute approximate surface area is 92.9 Å². The van der Waals surface area contributed by atoms with Crippen molar-refractivity contribution < 1.29 is 14.0 Å². The second kappa shape index (κ2) is 4.08. The van der Waals surface area contributed by atoms with E-state index in [2.05, 4.69) is 26.1 Å². The minimum absolute atomic E-state index is 0.168. The van der Waals surface area contributed by atoms with Crippen LogP contribution in [-0.4, -0.2) is 15.2 Å². The molecule has 2 aromatic rings. The Balaban J connectivity index is 2.49. The van der Waals surface area contributed by atoms with Crippen molar-refractivity contribution in [3.63, 3.8) is 0 Å². The van der Waals surface area contributed by atoms with Crippen molar-refractivity contribution >= 4 is 15.9 Å². The summed E-state index contributed by atoms with van der Waals surface area (Å²) in [5, 5.41) is 12.3. The van der Waals surface area contributed by atoms with Gasteiger partial charge in [0.1, 0.15) is 12.4 Å². The molecule has 0 amide bonds. The highest BCUT2D eigenvalue weighted by atomic mass is 79.9. The second-order valence-corrected chi connectivity index (χ2v) is 3.57. The van der Waals surface area contributed by atoms with E-state index in [4.69, 9.17) is 9.63 Å². The summed E-state index contributed by atoms with van der Waals surface area (Å²) in [6.07, 6.45) is 0. The molecule has 0 saturated carbocycles. The van der Waals surface area contributed by atoms with Crippen LogP contribution in [-0.2, 0) is 6.61 Å². The lowest BCUT2D eigenvalue weighted by Gasteiger charge is -1.98. The molecule has 2 rings (SSSR count). The van der Waals surface area contributed by atoms with Crippen LogP contribution in [0.2, 0.25) is 0 Å². The molecular formula is C9H6BrFN2O2. The Morgan fingerprint density at radius 2 is 2.27 bits per heavy atom. The van der Waals surface area contributed by atoms with Crippen LogP contribution in [0.4, 0.5) is 4.39 Å². The van der Waals surface area contributed by atoms with Gasteiger partial charge in [-0.2, -0.15) is 4.98 Å². The number of hydrogen-bond acceptors (Lipinski definition) is 4. The third-order valence-electron chi connectivity index (χ3n) is 1.79. The smallest absolute Gasteiger partial charge is 0.259 e. The van der Waals surface area contributed by atoms with Gasteiger partial charge in [-0.15, -0.1) is 0 Å². The predicted molar refractivity (Wildman–Crippen MR) is 53.3 cm³/mol. The average molecular weight is 273 g/mol. The van der Waals surface area contributed by atoms with E-state index in [1.807, 2.05) is 0 Å². The normalized spacial score (nSPS) is 10.6. The number of aliphatic hydroxyl groups is 1. The van der Waals surface area contributed by atoms with E-state index < -0.39 is 5.82 Å². The van der Waals surface area contributed by atoms with E-state index in [9.17, 15) is 4.39 Å². The molecule has 0 bridgehead atoms. The van der Waals surface area contributed by atoms with E-state index in [-0.39, 0.29) is 22.8 Å². The lowest BCUT2D eigenvalue weighted by atomic mass is 10.2. The van der Waals surface area contributed by atoms with E-state index in [0.717, 1.165) is 0 Å². The highest BCUT2D eigenvalue weighted by Crippen LogP contribution is 2.28. The van der Waals surface area contributed by atoms with Gasteiger partial charge in [-0.25, -0.2) is 4.39 Å². The molecule has 1 aromatic heterocycles. The SMILES string of the molecule is OCc1noc(-c2cccc(F)c2Br)n1. The average Bonchev–Trinajstić information content (AvgIpc) is 2.70. The van der Waals surface area contributed by atoms with Crippen molar-refractivity contribution in [3.05, 3.63) is 34.3 Å². The first kappa shape index (κ1) is 10.3. The minimum atomic E-state index is -0.406. The highest BCUT2D eigenvalue weighted by molar-refractivity contribution is 9.10. The Hall–Kier alpha value is -1.27. The summed E-state index contributed by atoms with van der Waals surface area (Å²) in [5.74, 6) is -0.0668. The maximum atomic E-state index is 13.2. The van der Waals surface area contributed by atoms with Crippen LogP contribution >= 0.6 is 15.9 Å². The number of rotatable bonds is 2. The van der Waals surface area contributed by atoms with Gasteiger partial charge in [-0.3, -0.25) is 0 Å². The third-order valence-corrected chi connectivity index (χ3v) is 2.60. The molecule has 15 heavy (non-hydrogen) atoms. The van der Waals surface area contributed by atoms with Gasteiger partial charge in [0, 0.05) is 0 Å². The van der Waals surface area contributed by atoms with E-state index >= 15 is 0 Å². The van der Waals surface area contributed by atoms with E-state index in [1.165, 1.54) is 12.1 Å². The van der Waals surface area contributed by atoms with Crippen LogP contribution in [0, 0.1) is 5.82 Å². The summed E-state index contributed by atoms with van der Waals surface area (Å²) in [6, 6.07) is 4.50. The fraction of sp³-hybridized carbons (Fsp3) is 0.111. The summed E-state index contributed by atoms with van der Waals surface area (Å²) >= 11 is 3.08. The molecule has 1 aromatic carbocycles. The lowest BCUT2D eigenvalue weighted by molar-refractivity contribution is 0.264. The lowest BCUT2D eigenvalue weighted by Crippen LogP contribution is -1.86. The molecule has 0 saturated heterocycles. The summed E-state index contributed by atoms with van der Waals surface area (Å²) < 4.78 is 18.3. The maximum Gasteiger partial charge on any atom is 0.259 e. The molecule has 1 heterocycles. The van der Waals surface area contributed by atoms with Gasteiger partial charge < -0.3 is 9.63 Å². The van der Waals surface area contributed by atoms with Gasteiger partial charge in [0.2, 0.25) is 0 Å². The largest absolute Gasteiger partial charge is 0.388 e. The Morgan fingerprint density at radius 1 is 1.47 bits per heavy atom. The quantitative estimate of drug-likeness (QED) is 0.910. The van der Waals surface area contributed by atoms with E-state index in [0.29, 0.717) is 5.56 Å². The Morgan fingerprint density at radius 3 is 2.93 bits per heavy atom. The molecule has 0 aliphatic rings. The molecular weight excluding hydrogens is 267 g/mol. The van der Waals surface area contributed by atoms with Crippen LogP contribution in [0.3, 0.4) is 0 Å². The number of aromatic nitrogens is 2. The molecule has 0 unspecified atom stereocenters. The van der Waals surface area contributed by atoms with Crippen molar-refractivity contribution in [3.8, 4) is 11.5 Å². The van der Waals surface area contributed by atoms with Crippen LogP contribution in [0.5, 0.6) is 0 Å². The van der Waals surface area contributed by atoms with Gasteiger partial charge in [-0.05, 0) is 28.1 Å². The molecule has 0 atom stereocenters. The van der Waals surface area contributed by atoms with Crippen LogP contribution < -0.4 is 0 Å². The van der Waals surface area contributed by atoms with Crippen molar-refractivity contribution in [2.24, 2.45) is 0 Å². The second-order valence-electron chi connectivity index (χ2n) is 2.78. The van der Waals surface area contributed by atoms with Gasteiger partial charge in [0.25, 0.3) is 5.89 Å². The van der Waals surface area contributed by atoms with Gasteiger partial charge in [0.05, 0.1) is 10.0 Å². The van der Waals surface area contributed by atoms with Crippen molar-refractivity contribution in [2.45, 2.75) is 6.61 Å².